The third-order valence-electron chi connectivity index (χ3n) is 16.9. The quantitative estimate of drug-likeness (QED) is 0.0174. The van der Waals surface area contributed by atoms with E-state index < -0.39 is 95.1 Å². The van der Waals surface area contributed by atoms with Crippen molar-refractivity contribution in [2.24, 2.45) is 17.1 Å². The number of amides is 8. The largest absolute Gasteiger partial charge is 0.497 e. The number of aliphatic hydroxyl groups is 2. The van der Waals surface area contributed by atoms with Crippen LogP contribution in [0.2, 0.25) is 0 Å². The van der Waals surface area contributed by atoms with Crippen LogP contribution >= 0.6 is 0 Å². The molecule has 9 rings (SSSR count). The normalized spacial score (nSPS) is 24.0. The summed E-state index contributed by atoms with van der Waals surface area (Å²) in [7, 11) is 5.53. The van der Waals surface area contributed by atoms with E-state index in [1.165, 1.54) is 52.7 Å². The number of carbonyl (C=O) groups is 8. The molecule has 9 atom stereocenters. The van der Waals surface area contributed by atoms with Crippen LogP contribution in [0, 0.1) is 11.3 Å². The molecule has 0 spiro atoms. The van der Waals surface area contributed by atoms with Crippen LogP contribution < -0.4 is 51.3 Å². The minimum atomic E-state index is -2.32. The molecule has 476 valence electrons. The van der Waals surface area contributed by atoms with E-state index in [4.69, 9.17) is 48.4 Å². The lowest BCUT2D eigenvalue weighted by atomic mass is 9.67. The van der Waals surface area contributed by atoms with Crippen LogP contribution in [0.25, 0.3) is 0 Å². The molecule has 0 unspecified atom stereocenters. The first-order valence-corrected chi connectivity index (χ1v) is 29.4. The smallest absolute Gasteiger partial charge is 0.407 e. The number of esters is 1. The number of hydrogen-bond acceptors (Lipinski definition) is 19. The van der Waals surface area contributed by atoms with Gasteiger partial charge in [-0.1, -0.05) is 61.0 Å². The van der Waals surface area contributed by atoms with Crippen molar-refractivity contribution in [2.75, 3.05) is 66.5 Å². The number of anilines is 1. The number of nitrogens with zero attached hydrogens (tertiary/aromatic N) is 1. The number of carbonyl (C=O) groups excluding carboxylic acids is 8. The van der Waals surface area contributed by atoms with Crippen LogP contribution in [-0.4, -0.2) is 155 Å². The average Bonchev–Trinajstić information content (AvgIpc) is 1.50. The summed E-state index contributed by atoms with van der Waals surface area (Å²) in [4.78, 5) is 104. The molecule has 26 heteroatoms. The molecule has 5 aliphatic rings. The Kier molecular flexibility index (Phi) is 20.7. The number of urea groups is 1. The summed E-state index contributed by atoms with van der Waals surface area (Å²) in [5.41, 5.74) is 1.71. The lowest BCUT2D eigenvalue weighted by molar-refractivity contribution is -0.312. The highest BCUT2D eigenvalue weighted by Gasteiger charge is 2.78. The fourth-order valence-electron chi connectivity index (χ4n) is 12.2. The van der Waals surface area contributed by atoms with Crippen LogP contribution in [-0.2, 0) is 70.3 Å². The van der Waals surface area contributed by atoms with Crippen molar-refractivity contribution in [1.82, 2.24) is 26.2 Å². The number of hydrogen-bond donors (Lipinski definition) is 8. The predicted octanol–water partition coefficient (Wildman–Crippen LogP) is 3.79. The molecule has 0 bridgehead atoms. The van der Waals surface area contributed by atoms with Gasteiger partial charge in [0.1, 0.15) is 47.2 Å². The molecule has 26 nitrogen and oxygen atoms in total. The molecule has 3 aliphatic heterocycles. The second-order valence-corrected chi connectivity index (χ2v) is 22.2. The topological polar surface area (TPSA) is 350 Å². The number of nitrogens with two attached hydrogens (primary N) is 1. The van der Waals surface area contributed by atoms with Gasteiger partial charge in [-0.15, -0.1) is 0 Å². The third kappa shape index (κ3) is 13.6. The minimum absolute atomic E-state index is 0.0622. The fourth-order valence-corrected chi connectivity index (χ4v) is 12.2. The highest BCUT2D eigenvalue weighted by atomic mass is 16.8. The highest BCUT2D eigenvalue weighted by Crippen LogP contribution is 2.70. The Labute approximate surface area is 513 Å². The van der Waals surface area contributed by atoms with E-state index in [2.05, 4.69) is 26.6 Å². The van der Waals surface area contributed by atoms with Crippen LogP contribution in [0.15, 0.2) is 103 Å². The molecule has 2 aliphatic carbocycles. The maximum atomic E-state index is 13.8. The number of imide groups is 1. The molecule has 8 amide bonds. The Morgan fingerprint density at radius 2 is 1.51 bits per heavy atom. The van der Waals surface area contributed by atoms with Gasteiger partial charge in [-0.2, -0.15) is 0 Å². The number of alkyl carbamates (subject to hydrolysis) is 1. The molecule has 3 heterocycles. The number of aliphatic hydroxyl groups excluding tert-OH is 1. The molecule has 1 saturated heterocycles. The number of fused-ring (bicyclic) bond motifs is 3. The maximum Gasteiger partial charge on any atom is 0.407 e. The molecule has 4 aromatic rings. The number of benzene rings is 4. The number of rotatable bonds is 28. The average molecular weight is 1230 g/mol. The zero-order valence-electron chi connectivity index (χ0n) is 49.8. The van der Waals surface area contributed by atoms with Crippen molar-refractivity contribution in [1.29, 1.82) is 0 Å². The number of nitrogens with one attached hydrogen (secondary N) is 5. The Balaban J connectivity index is 0.775. The van der Waals surface area contributed by atoms with E-state index in [-0.39, 0.29) is 106 Å². The van der Waals surface area contributed by atoms with Gasteiger partial charge >= 0.3 is 18.1 Å². The van der Waals surface area contributed by atoms with E-state index in [1.807, 2.05) is 6.07 Å². The molecule has 0 aromatic heterocycles. The first-order chi connectivity index (χ1) is 42.9. The van der Waals surface area contributed by atoms with Gasteiger partial charge in [0.15, 0.2) is 11.2 Å². The Morgan fingerprint density at radius 1 is 0.787 bits per heavy atom. The van der Waals surface area contributed by atoms with Crippen molar-refractivity contribution in [3.05, 3.63) is 125 Å². The summed E-state index contributed by atoms with van der Waals surface area (Å²) >= 11 is 0. The highest BCUT2D eigenvalue weighted by molar-refractivity contribution is 6.13. The second-order valence-electron chi connectivity index (χ2n) is 22.2. The molecule has 4 aromatic carbocycles. The van der Waals surface area contributed by atoms with Crippen molar-refractivity contribution < 1.29 is 91.2 Å². The van der Waals surface area contributed by atoms with Gasteiger partial charge in [-0.3, -0.25) is 33.7 Å². The lowest BCUT2D eigenvalue weighted by Crippen LogP contribution is -2.58. The Hall–Kier alpha value is -8.82. The summed E-state index contributed by atoms with van der Waals surface area (Å²) in [5, 5.41) is 39.2. The molecular formula is C63H75N7O19. The summed E-state index contributed by atoms with van der Waals surface area (Å²) in [6, 6.07) is 23.4. The number of ether oxygens (including phenoxy) is 9. The van der Waals surface area contributed by atoms with Gasteiger partial charge in [-0.05, 0) is 92.3 Å². The molecule has 9 N–H and O–H groups in total. The summed E-state index contributed by atoms with van der Waals surface area (Å²) in [5.74, 6) is -4.60. The lowest BCUT2D eigenvalue weighted by Gasteiger charge is -2.40. The molecule has 2 saturated carbocycles. The summed E-state index contributed by atoms with van der Waals surface area (Å²) in [6.45, 7) is 0.711. The number of methoxy groups -OCH3 is 4. The molecule has 0 radical (unpaired) electrons. The van der Waals surface area contributed by atoms with E-state index in [0.29, 0.717) is 53.8 Å². The fraction of sp³-hybridized carbons (Fsp3) is 0.460. The van der Waals surface area contributed by atoms with E-state index in [1.54, 1.807) is 72.8 Å². The van der Waals surface area contributed by atoms with Gasteiger partial charge in [0.05, 0.1) is 45.5 Å². The van der Waals surface area contributed by atoms with Gasteiger partial charge < -0.3 is 85.2 Å². The Bertz CT molecular complexity index is 3240. The SMILES string of the molecule is COC(=O)[C@H]1[C@@H](O)[C@@]2(O)c3c(OC)cc(O[C@@H]4O[C@@H](CCNC(=O)OCc5ccc(NC(=O)[C@H](CCCNC(N)=O)NC(=O)C6(C(=O)NCCCCCN7C(=O)C=CC7=O)CCC6)cc5)CO[C@H]4OC)cc3O[C@@]2(c2ccc(OC)cc2)[C@@H]1c1ccccc1. The molecule has 89 heavy (non-hydrogen) atoms. The van der Waals surface area contributed by atoms with E-state index in [9.17, 15) is 48.6 Å². The van der Waals surface area contributed by atoms with Gasteiger partial charge in [0.2, 0.25) is 24.0 Å². The van der Waals surface area contributed by atoms with Gasteiger partial charge in [0, 0.05) is 69.2 Å². The van der Waals surface area contributed by atoms with Crippen LogP contribution in [0.4, 0.5) is 15.3 Å². The zero-order valence-corrected chi connectivity index (χ0v) is 49.8. The first kappa shape index (κ1) is 64.6. The number of primary amides is 1. The monoisotopic (exact) mass is 1230 g/mol. The third-order valence-corrected chi connectivity index (χ3v) is 16.9. The molecule has 3 fully saturated rings. The van der Waals surface area contributed by atoms with Crippen molar-refractivity contribution in [2.45, 2.75) is 112 Å². The van der Waals surface area contributed by atoms with Gasteiger partial charge in [0.25, 0.3) is 18.1 Å². The standard InChI is InChI=1S/C63H75N7O19/c1-81-41-22-18-39(19-23-41)63-50(38-13-7-5-8-14-38)49(54(75)83-3)52(73)62(63,80)51-45(82-2)33-43(34-46(51)89-63)88-56-55(84-4)85-36-42(87-56)26-31-67-60(79)86-35-37-16-20-40(21-17-37)68-53(74)44(15-11-30-66-59(64)78)69-58(77)61(27-12-28-61)57(76)65-29-9-6-10-32-70-47(71)24-25-48(70)72/h5,7-8,13-14,16-25,33-34,42,44,49-50,52,55-56,73,80H,6,9-12,15,26-32,35-36H2,1-4H3,(H,65,76)(H,67,79)(H,68,74)(H,69,77)(H3,64,66,78)/t42-,44-,49+,50+,52+,55+,56-,62-,63-/m0/s1. The van der Waals surface area contributed by atoms with Crippen LogP contribution in [0.1, 0.15) is 86.0 Å². The zero-order chi connectivity index (χ0) is 63.5. The van der Waals surface area contributed by atoms with E-state index >= 15 is 0 Å². The molecular weight excluding hydrogens is 1160 g/mol. The first-order valence-electron chi connectivity index (χ1n) is 29.4. The second kappa shape index (κ2) is 28.6. The minimum Gasteiger partial charge on any atom is -0.497 e. The van der Waals surface area contributed by atoms with Crippen molar-refractivity contribution in [3.63, 3.8) is 0 Å². The number of unbranched alkanes of at least 4 members (excludes halogenated alkanes) is 2. The maximum absolute atomic E-state index is 13.8. The van der Waals surface area contributed by atoms with Gasteiger partial charge in [-0.25, -0.2) is 9.59 Å². The van der Waals surface area contributed by atoms with Crippen molar-refractivity contribution in [3.8, 4) is 23.0 Å². The van der Waals surface area contributed by atoms with E-state index in [0.717, 1.165) is 4.90 Å². The predicted molar refractivity (Wildman–Crippen MR) is 315 cm³/mol. The van der Waals surface area contributed by atoms with Crippen molar-refractivity contribution >= 4 is 53.3 Å². The summed E-state index contributed by atoms with van der Waals surface area (Å²) < 4.78 is 53.4. The summed E-state index contributed by atoms with van der Waals surface area (Å²) in [6.07, 6.45) is 0.697. The Morgan fingerprint density at radius 3 is 2.16 bits per heavy atom. The van der Waals surface area contributed by atoms with Crippen LogP contribution in [0.5, 0.6) is 23.0 Å². The van der Waals surface area contributed by atoms with Crippen LogP contribution in [0.3, 0.4) is 0 Å².